The van der Waals surface area contributed by atoms with Crippen LogP contribution >= 0.6 is 31.9 Å². The Bertz CT molecular complexity index is 1910. The lowest BCUT2D eigenvalue weighted by atomic mass is 10.00. The van der Waals surface area contributed by atoms with Crippen LogP contribution in [0.15, 0.2) is 106 Å². The van der Waals surface area contributed by atoms with Gasteiger partial charge in [0.1, 0.15) is 22.7 Å². The number of halogens is 4. The Kier molecular flexibility index (Phi) is 9.91. The molecule has 4 nitrogen and oxygen atoms in total. The smallest absolute Gasteiger partial charge is 0.160 e. The summed E-state index contributed by atoms with van der Waals surface area (Å²) in [5.41, 5.74) is 5.01. The van der Waals surface area contributed by atoms with E-state index in [0.29, 0.717) is 26.9 Å². The summed E-state index contributed by atoms with van der Waals surface area (Å²) in [5, 5.41) is 1.87. The van der Waals surface area contributed by atoms with Gasteiger partial charge in [0.15, 0.2) is 11.5 Å². The summed E-state index contributed by atoms with van der Waals surface area (Å²) >= 11 is 7.11. The zero-order valence-corrected chi connectivity index (χ0v) is 27.8. The van der Waals surface area contributed by atoms with Gasteiger partial charge in [-0.3, -0.25) is 9.97 Å². The van der Waals surface area contributed by atoms with Crippen molar-refractivity contribution in [2.45, 2.75) is 39.9 Å². The summed E-state index contributed by atoms with van der Waals surface area (Å²) in [7, 11) is 0. The van der Waals surface area contributed by atoms with Crippen LogP contribution in [0, 0.1) is 11.6 Å². The first-order chi connectivity index (χ1) is 21.1. The molecule has 0 radical (unpaired) electrons. The molecule has 0 aliphatic carbocycles. The van der Waals surface area contributed by atoms with E-state index in [9.17, 15) is 8.78 Å². The summed E-state index contributed by atoms with van der Waals surface area (Å²) in [4.78, 5) is 8.91. The fourth-order valence-corrected chi connectivity index (χ4v) is 5.89. The molecule has 2 aromatic heterocycles. The van der Waals surface area contributed by atoms with Crippen LogP contribution in [0.2, 0.25) is 0 Å². The van der Waals surface area contributed by atoms with E-state index >= 15 is 0 Å². The minimum atomic E-state index is -0.615. The Hall–Kier alpha value is -3.88. The van der Waals surface area contributed by atoms with Crippen molar-refractivity contribution in [1.29, 1.82) is 0 Å². The van der Waals surface area contributed by atoms with Crippen LogP contribution in [-0.2, 0) is 0 Å². The Morgan fingerprint density at radius 1 is 0.568 bits per heavy atom. The Morgan fingerprint density at radius 2 is 1.02 bits per heavy atom. The van der Waals surface area contributed by atoms with Gasteiger partial charge in [0.05, 0.1) is 21.2 Å². The molecule has 0 saturated heterocycles. The number of ether oxygens (including phenoxy) is 2. The quantitative estimate of drug-likeness (QED) is 0.172. The second-order valence-corrected chi connectivity index (χ2v) is 12.3. The highest BCUT2D eigenvalue weighted by Crippen LogP contribution is 2.41. The number of hydrogen-bond acceptors (Lipinski definition) is 4. The van der Waals surface area contributed by atoms with Crippen molar-refractivity contribution in [1.82, 2.24) is 9.97 Å². The molecule has 6 rings (SSSR count). The minimum Gasteiger partial charge on any atom is -0.488 e. The van der Waals surface area contributed by atoms with Crippen LogP contribution < -0.4 is 9.47 Å². The second kappa shape index (κ2) is 13.8. The lowest BCUT2D eigenvalue weighted by Crippen LogP contribution is -2.07. The van der Waals surface area contributed by atoms with E-state index in [1.807, 2.05) is 58.0 Å². The lowest BCUT2D eigenvalue weighted by Gasteiger charge is -2.16. The molecule has 0 amide bonds. The van der Waals surface area contributed by atoms with E-state index in [-0.39, 0.29) is 12.2 Å². The van der Waals surface area contributed by atoms with Crippen molar-refractivity contribution < 1.29 is 18.3 Å². The number of hydrogen-bond donors (Lipinski definition) is 0. The van der Waals surface area contributed by atoms with E-state index in [1.54, 1.807) is 24.5 Å². The van der Waals surface area contributed by atoms with Gasteiger partial charge in [-0.15, -0.1) is 0 Å². The Morgan fingerprint density at radius 3 is 1.48 bits per heavy atom. The SMILES string of the molecule is CC(C)Oc1c(Br)cc(-c2cc(F)cc(F)c2)c2cccnc12.CC(C)Oc1c(Br)cc(-c2ccccc2)c2cccnc12. The molecule has 224 valence electrons. The van der Waals surface area contributed by atoms with Crippen LogP contribution in [0.5, 0.6) is 11.5 Å². The van der Waals surface area contributed by atoms with Gasteiger partial charge in [-0.05, 0) is 118 Å². The van der Waals surface area contributed by atoms with Gasteiger partial charge < -0.3 is 9.47 Å². The third kappa shape index (κ3) is 7.08. The maximum absolute atomic E-state index is 13.6. The summed E-state index contributed by atoms with van der Waals surface area (Å²) in [5.74, 6) is 0.197. The molecular formula is C36H30Br2F2N2O2. The fourth-order valence-electron chi connectivity index (χ4n) is 4.87. The number of rotatable bonds is 6. The molecule has 0 saturated carbocycles. The largest absolute Gasteiger partial charge is 0.488 e. The minimum absolute atomic E-state index is 0.0195. The molecule has 8 heteroatoms. The summed E-state index contributed by atoms with van der Waals surface area (Å²) in [6, 6.07) is 25.4. The number of benzene rings is 4. The van der Waals surface area contributed by atoms with E-state index in [0.717, 1.165) is 38.1 Å². The molecule has 6 aromatic rings. The first-order valence-electron chi connectivity index (χ1n) is 14.1. The topological polar surface area (TPSA) is 44.2 Å². The third-order valence-corrected chi connectivity index (χ3v) is 7.75. The number of fused-ring (bicyclic) bond motifs is 2. The lowest BCUT2D eigenvalue weighted by molar-refractivity contribution is 0.243. The highest BCUT2D eigenvalue weighted by molar-refractivity contribution is 9.11. The van der Waals surface area contributed by atoms with E-state index < -0.39 is 11.6 Å². The summed E-state index contributed by atoms with van der Waals surface area (Å²) in [6.07, 6.45) is 3.55. The Labute approximate surface area is 272 Å². The van der Waals surface area contributed by atoms with Crippen LogP contribution in [-0.4, -0.2) is 22.2 Å². The van der Waals surface area contributed by atoms with Crippen molar-refractivity contribution in [2.75, 3.05) is 0 Å². The molecule has 0 atom stereocenters. The van der Waals surface area contributed by atoms with Crippen LogP contribution in [0.3, 0.4) is 0 Å². The molecule has 0 spiro atoms. The molecule has 0 aliphatic rings. The van der Waals surface area contributed by atoms with Gasteiger partial charge in [0.25, 0.3) is 0 Å². The van der Waals surface area contributed by atoms with Gasteiger partial charge >= 0.3 is 0 Å². The van der Waals surface area contributed by atoms with E-state index in [1.165, 1.54) is 17.7 Å². The predicted octanol–water partition coefficient (Wildman–Crippen LogP) is 11.2. The molecule has 0 fully saturated rings. The summed E-state index contributed by atoms with van der Waals surface area (Å²) in [6.45, 7) is 7.90. The molecule has 0 bridgehead atoms. The maximum Gasteiger partial charge on any atom is 0.160 e. The van der Waals surface area contributed by atoms with Crippen molar-refractivity contribution in [3.63, 3.8) is 0 Å². The Balaban J connectivity index is 0.000000175. The number of pyridine rings is 2. The van der Waals surface area contributed by atoms with Crippen LogP contribution in [0.1, 0.15) is 27.7 Å². The average molecular weight is 720 g/mol. The van der Waals surface area contributed by atoms with E-state index in [2.05, 4.69) is 66.1 Å². The summed E-state index contributed by atoms with van der Waals surface area (Å²) < 4.78 is 40.5. The monoisotopic (exact) mass is 718 g/mol. The van der Waals surface area contributed by atoms with Crippen molar-refractivity contribution in [2.24, 2.45) is 0 Å². The standard InChI is InChI=1S/C18H14BrF2NO.C18H16BrNO/c1-10(2)23-18-16(19)9-15(14-4-3-5-22-17(14)18)11-6-12(20)8-13(21)7-11;1-12(2)21-18-16(19)11-15(13-7-4-3-5-8-13)14-9-6-10-20-17(14)18/h3-10H,1-2H3;3-12H,1-2H3. The van der Waals surface area contributed by atoms with Crippen molar-refractivity contribution >= 4 is 53.7 Å². The fraction of sp³-hybridized carbons (Fsp3) is 0.167. The molecular weight excluding hydrogens is 690 g/mol. The second-order valence-electron chi connectivity index (χ2n) is 10.6. The first kappa shape index (κ1) is 31.5. The molecule has 0 aliphatic heterocycles. The van der Waals surface area contributed by atoms with Crippen LogP contribution in [0.4, 0.5) is 8.78 Å². The van der Waals surface area contributed by atoms with Gasteiger partial charge in [-0.25, -0.2) is 8.78 Å². The normalized spacial score (nSPS) is 11.1. The molecule has 0 unspecified atom stereocenters. The molecule has 0 N–H and O–H groups in total. The van der Waals surface area contributed by atoms with E-state index in [4.69, 9.17) is 9.47 Å². The zero-order chi connectivity index (χ0) is 31.4. The highest BCUT2D eigenvalue weighted by atomic mass is 79.9. The van der Waals surface area contributed by atoms with Crippen molar-refractivity contribution in [3.05, 3.63) is 118 Å². The molecule has 44 heavy (non-hydrogen) atoms. The van der Waals surface area contributed by atoms with Gasteiger partial charge in [0, 0.05) is 29.2 Å². The molecule has 4 aromatic carbocycles. The third-order valence-electron chi connectivity index (χ3n) is 6.57. The van der Waals surface area contributed by atoms with Gasteiger partial charge in [0.2, 0.25) is 0 Å². The predicted molar refractivity (Wildman–Crippen MR) is 181 cm³/mol. The van der Waals surface area contributed by atoms with Gasteiger partial charge in [-0.1, -0.05) is 42.5 Å². The maximum atomic E-state index is 13.6. The average Bonchev–Trinajstić information content (AvgIpc) is 2.99. The first-order valence-corrected chi connectivity index (χ1v) is 15.7. The number of nitrogens with zero attached hydrogens (tertiary/aromatic N) is 2. The van der Waals surface area contributed by atoms with Crippen molar-refractivity contribution in [3.8, 4) is 33.8 Å². The van der Waals surface area contributed by atoms with Crippen LogP contribution in [0.25, 0.3) is 44.1 Å². The van der Waals surface area contributed by atoms with Gasteiger partial charge in [-0.2, -0.15) is 0 Å². The highest BCUT2D eigenvalue weighted by Gasteiger charge is 2.17. The molecule has 2 heterocycles. The number of aromatic nitrogens is 2. The zero-order valence-electron chi connectivity index (χ0n) is 24.6.